The average molecular weight is 253 g/mol. The summed E-state index contributed by atoms with van der Waals surface area (Å²) in [5, 5.41) is 3.78. The molecule has 1 saturated carbocycles. The van der Waals surface area contributed by atoms with E-state index in [1.807, 2.05) is 0 Å². The Morgan fingerprint density at radius 1 is 1.11 bits per heavy atom. The first-order chi connectivity index (χ1) is 8.46. The van der Waals surface area contributed by atoms with Gasteiger partial charge in [0.15, 0.2) is 0 Å². The van der Waals surface area contributed by atoms with E-state index in [4.69, 9.17) is 5.73 Å². The fourth-order valence-corrected chi connectivity index (χ4v) is 3.17. The number of nitrogens with zero attached hydrogens (tertiary/aromatic N) is 1. The molecular formula is C14H27N3O. The number of amides is 2. The maximum absolute atomic E-state index is 11.1. The Labute approximate surface area is 110 Å². The van der Waals surface area contributed by atoms with Gasteiger partial charge >= 0.3 is 6.03 Å². The molecule has 0 aromatic rings. The molecule has 4 heteroatoms. The predicted octanol–water partition coefficient (Wildman–Crippen LogP) is 2.09. The number of hydrogen-bond donors (Lipinski definition) is 2. The Bertz CT molecular complexity index is 285. The van der Waals surface area contributed by atoms with Crippen LogP contribution in [0.2, 0.25) is 0 Å². The SMILES string of the molecule is CC1(C)CCC(NC2CCN(C(N)=O)CC2)CC1. The van der Waals surface area contributed by atoms with E-state index in [-0.39, 0.29) is 6.03 Å². The normalized spacial score (nSPS) is 26.2. The van der Waals surface area contributed by atoms with Crippen LogP contribution in [-0.2, 0) is 0 Å². The summed E-state index contributed by atoms with van der Waals surface area (Å²) in [5.41, 5.74) is 5.83. The lowest BCUT2D eigenvalue weighted by Crippen LogP contribution is -2.50. The monoisotopic (exact) mass is 253 g/mol. The highest BCUT2D eigenvalue weighted by Crippen LogP contribution is 2.35. The van der Waals surface area contributed by atoms with Crippen LogP contribution in [0.15, 0.2) is 0 Å². The molecule has 18 heavy (non-hydrogen) atoms. The van der Waals surface area contributed by atoms with Crippen LogP contribution in [0.1, 0.15) is 52.4 Å². The number of carbonyl (C=O) groups excluding carboxylic acids is 1. The molecule has 0 spiro atoms. The van der Waals surface area contributed by atoms with Crippen molar-refractivity contribution in [3.05, 3.63) is 0 Å². The zero-order valence-corrected chi connectivity index (χ0v) is 11.7. The van der Waals surface area contributed by atoms with E-state index in [9.17, 15) is 4.79 Å². The molecule has 104 valence electrons. The highest BCUT2D eigenvalue weighted by atomic mass is 16.2. The van der Waals surface area contributed by atoms with Crippen LogP contribution in [0.25, 0.3) is 0 Å². The van der Waals surface area contributed by atoms with Gasteiger partial charge in [0.1, 0.15) is 0 Å². The molecule has 2 rings (SSSR count). The fourth-order valence-electron chi connectivity index (χ4n) is 3.17. The van der Waals surface area contributed by atoms with Crippen LogP contribution in [0.3, 0.4) is 0 Å². The molecule has 1 aliphatic carbocycles. The van der Waals surface area contributed by atoms with E-state index >= 15 is 0 Å². The smallest absolute Gasteiger partial charge is 0.314 e. The van der Waals surface area contributed by atoms with E-state index in [0.717, 1.165) is 25.9 Å². The Kier molecular flexibility index (Phi) is 4.15. The molecule has 2 aliphatic rings. The van der Waals surface area contributed by atoms with Gasteiger partial charge < -0.3 is 16.0 Å². The van der Waals surface area contributed by atoms with Crippen molar-refractivity contribution in [1.29, 1.82) is 0 Å². The van der Waals surface area contributed by atoms with Crippen molar-refractivity contribution in [3.63, 3.8) is 0 Å². The lowest BCUT2D eigenvalue weighted by molar-refractivity contribution is 0.164. The van der Waals surface area contributed by atoms with Gasteiger partial charge in [0.25, 0.3) is 0 Å². The fraction of sp³-hybridized carbons (Fsp3) is 0.929. The number of piperidine rings is 1. The summed E-state index contributed by atoms with van der Waals surface area (Å²) in [6.45, 7) is 6.36. The molecule has 1 saturated heterocycles. The standard InChI is InChI=1S/C14H27N3O/c1-14(2)7-3-11(4-8-14)16-12-5-9-17(10-6-12)13(15)18/h11-12,16H,3-10H2,1-2H3,(H2,15,18). The number of likely N-dealkylation sites (tertiary alicyclic amines) is 1. The maximum Gasteiger partial charge on any atom is 0.314 e. The highest BCUT2D eigenvalue weighted by Gasteiger charge is 2.29. The molecule has 2 amide bonds. The Morgan fingerprint density at radius 3 is 2.11 bits per heavy atom. The average Bonchev–Trinajstić information content (AvgIpc) is 2.33. The first-order valence-corrected chi connectivity index (χ1v) is 7.27. The first-order valence-electron chi connectivity index (χ1n) is 7.27. The molecule has 0 radical (unpaired) electrons. The summed E-state index contributed by atoms with van der Waals surface area (Å²) in [4.78, 5) is 12.8. The van der Waals surface area contributed by atoms with E-state index in [0.29, 0.717) is 17.5 Å². The lowest BCUT2D eigenvalue weighted by Gasteiger charge is -2.38. The third kappa shape index (κ3) is 3.61. The van der Waals surface area contributed by atoms with Crippen LogP contribution in [-0.4, -0.2) is 36.1 Å². The molecule has 0 aromatic carbocycles. The van der Waals surface area contributed by atoms with E-state index in [2.05, 4.69) is 19.2 Å². The van der Waals surface area contributed by atoms with Gasteiger partial charge in [-0.05, 0) is 43.9 Å². The minimum absolute atomic E-state index is 0.270. The van der Waals surface area contributed by atoms with Crippen LogP contribution in [0, 0.1) is 5.41 Å². The first kappa shape index (κ1) is 13.7. The number of nitrogens with one attached hydrogen (secondary N) is 1. The zero-order valence-electron chi connectivity index (χ0n) is 11.7. The number of nitrogens with two attached hydrogens (primary N) is 1. The lowest BCUT2D eigenvalue weighted by atomic mass is 9.75. The minimum atomic E-state index is -0.270. The molecule has 1 aliphatic heterocycles. The Balaban J connectivity index is 1.71. The molecule has 0 unspecified atom stereocenters. The summed E-state index contributed by atoms with van der Waals surface area (Å²) in [5.74, 6) is 0. The van der Waals surface area contributed by atoms with Gasteiger partial charge in [0, 0.05) is 25.2 Å². The van der Waals surface area contributed by atoms with E-state index < -0.39 is 0 Å². The summed E-state index contributed by atoms with van der Waals surface area (Å²) in [6.07, 6.45) is 7.33. The molecular weight excluding hydrogens is 226 g/mol. The highest BCUT2D eigenvalue weighted by molar-refractivity contribution is 5.72. The molecule has 0 aromatic heterocycles. The topological polar surface area (TPSA) is 58.4 Å². The summed E-state index contributed by atoms with van der Waals surface area (Å²) >= 11 is 0. The van der Waals surface area contributed by atoms with Crippen LogP contribution >= 0.6 is 0 Å². The van der Waals surface area contributed by atoms with Crippen molar-refractivity contribution in [3.8, 4) is 0 Å². The van der Waals surface area contributed by atoms with E-state index in [1.54, 1.807) is 4.90 Å². The van der Waals surface area contributed by atoms with Gasteiger partial charge in [-0.1, -0.05) is 13.8 Å². The third-order valence-electron chi connectivity index (χ3n) is 4.62. The van der Waals surface area contributed by atoms with Gasteiger partial charge in [-0.25, -0.2) is 4.79 Å². The van der Waals surface area contributed by atoms with Gasteiger partial charge in [0.05, 0.1) is 0 Å². The maximum atomic E-state index is 11.1. The quantitative estimate of drug-likeness (QED) is 0.791. The van der Waals surface area contributed by atoms with Crippen LogP contribution < -0.4 is 11.1 Å². The summed E-state index contributed by atoms with van der Waals surface area (Å²) < 4.78 is 0. The second-order valence-electron chi connectivity index (χ2n) is 6.70. The van der Waals surface area contributed by atoms with Crippen molar-refractivity contribution < 1.29 is 4.79 Å². The van der Waals surface area contributed by atoms with Gasteiger partial charge in [-0.15, -0.1) is 0 Å². The zero-order chi connectivity index (χ0) is 13.2. The Hall–Kier alpha value is -0.770. The van der Waals surface area contributed by atoms with Crippen molar-refractivity contribution in [2.45, 2.75) is 64.5 Å². The molecule has 2 fully saturated rings. The molecule has 3 N–H and O–H groups in total. The number of rotatable bonds is 2. The van der Waals surface area contributed by atoms with Crippen LogP contribution in [0.4, 0.5) is 4.79 Å². The second kappa shape index (κ2) is 5.47. The predicted molar refractivity (Wildman–Crippen MR) is 73.4 cm³/mol. The van der Waals surface area contributed by atoms with Gasteiger partial charge in [-0.2, -0.15) is 0 Å². The third-order valence-corrected chi connectivity index (χ3v) is 4.62. The Morgan fingerprint density at radius 2 is 1.61 bits per heavy atom. The number of carbonyl (C=O) groups is 1. The summed E-state index contributed by atoms with van der Waals surface area (Å²) in [7, 11) is 0. The second-order valence-corrected chi connectivity index (χ2v) is 6.70. The minimum Gasteiger partial charge on any atom is -0.351 e. The molecule has 0 bridgehead atoms. The van der Waals surface area contributed by atoms with Crippen LogP contribution in [0.5, 0.6) is 0 Å². The largest absolute Gasteiger partial charge is 0.351 e. The molecule has 4 nitrogen and oxygen atoms in total. The number of urea groups is 1. The van der Waals surface area contributed by atoms with E-state index in [1.165, 1.54) is 25.7 Å². The summed E-state index contributed by atoms with van der Waals surface area (Å²) in [6, 6.07) is 0.989. The van der Waals surface area contributed by atoms with Gasteiger partial charge in [0.2, 0.25) is 0 Å². The van der Waals surface area contributed by atoms with Crippen molar-refractivity contribution in [2.75, 3.05) is 13.1 Å². The number of hydrogen-bond acceptors (Lipinski definition) is 2. The molecule has 0 atom stereocenters. The molecule has 1 heterocycles. The van der Waals surface area contributed by atoms with Crippen molar-refractivity contribution >= 4 is 6.03 Å². The van der Waals surface area contributed by atoms with Crippen molar-refractivity contribution in [2.24, 2.45) is 11.1 Å². The van der Waals surface area contributed by atoms with Crippen molar-refractivity contribution in [1.82, 2.24) is 10.2 Å². The number of primary amides is 1. The van der Waals surface area contributed by atoms with Gasteiger partial charge in [-0.3, -0.25) is 0 Å².